The Kier molecular flexibility index (Phi) is 3.63. The molecular formula is C15H18N2O. The molecule has 94 valence electrons. The second-order valence-electron chi connectivity index (χ2n) is 4.64. The van der Waals surface area contributed by atoms with Crippen molar-refractivity contribution in [3.8, 4) is 11.6 Å². The average molecular weight is 242 g/mol. The van der Waals surface area contributed by atoms with Gasteiger partial charge in [-0.2, -0.15) is 0 Å². The molecule has 0 aliphatic carbocycles. The van der Waals surface area contributed by atoms with E-state index in [4.69, 9.17) is 10.5 Å². The van der Waals surface area contributed by atoms with Crippen LogP contribution in [0.3, 0.4) is 0 Å². The number of hydrogen-bond donors (Lipinski definition) is 1. The van der Waals surface area contributed by atoms with Gasteiger partial charge >= 0.3 is 0 Å². The fourth-order valence-electron chi connectivity index (χ4n) is 1.88. The molecule has 1 aromatic heterocycles. The maximum absolute atomic E-state index is 5.84. The number of aromatic nitrogens is 1. The molecule has 0 unspecified atom stereocenters. The third kappa shape index (κ3) is 3.08. The second-order valence-corrected chi connectivity index (χ2v) is 4.64. The van der Waals surface area contributed by atoms with Crippen molar-refractivity contribution in [3.63, 3.8) is 0 Å². The molecule has 2 aromatic rings. The van der Waals surface area contributed by atoms with Crippen LogP contribution in [0.4, 0.5) is 0 Å². The first-order valence-electron chi connectivity index (χ1n) is 6.02. The number of benzene rings is 1. The molecule has 0 aliphatic rings. The van der Waals surface area contributed by atoms with Crippen molar-refractivity contribution < 1.29 is 4.74 Å². The third-order valence-electron chi connectivity index (χ3n) is 2.70. The molecule has 0 amide bonds. The van der Waals surface area contributed by atoms with E-state index < -0.39 is 0 Å². The van der Waals surface area contributed by atoms with Crippen LogP contribution >= 0.6 is 0 Å². The van der Waals surface area contributed by atoms with E-state index >= 15 is 0 Å². The molecule has 0 fully saturated rings. The van der Waals surface area contributed by atoms with E-state index in [1.54, 1.807) is 6.20 Å². The normalized spacial score (nSPS) is 12.2. The highest BCUT2D eigenvalue weighted by molar-refractivity contribution is 5.36. The van der Waals surface area contributed by atoms with Gasteiger partial charge in [-0.1, -0.05) is 6.07 Å². The summed E-state index contributed by atoms with van der Waals surface area (Å²) in [5.41, 5.74) is 9.21. The minimum Gasteiger partial charge on any atom is -0.439 e. The minimum absolute atomic E-state index is 0.0189. The SMILES string of the molecule is Cc1cc(C)cc(Oc2cc([C@H](C)N)ccn2)c1. The number of pyridine rings is 1. The summed E-state index contributed by atoms with van der Waals surface area (Å²) in [7, 11) is 0. The molecule has 18 heavy (non-hydrogen) atoms. The summed E-state index contributed by atoms with van der Waals surface area (Å²) in [6.45, 7) is 6.03. The fourth-order valence-corrected chi connectivity index (χ4v) is 1.88. The zero-order chi connectivity index (χ0) is 13.1. The minimum atomic E-state index is -0.0189. The number of ether oxygens (including phenoxy) is 1. The van der Waals surface area contributed by atoms with Gasteiger partial charge in [0.1, 0.15) is 5.75 Å². The lowest BCUT2D eigenvalue weighted by Crippen LogP contribution is -2.05. The Bertz CT molecular complexity index is 530. The average Bonchev–Trinajstić information content (AvgIpc) is 2.27. The number of nitrogens with zero attached hydrogens (tertiary/aromatic N) is 1. The van der Waals surface area contributed by atoms with E-state index in [0.717, 1.165) is 11.3 Å². The van der Waals surface area contributed by atoms with Crippen LogP contribution in [0.1, 0.15) is 29.7 Å². The first-order chi connectivity index (χ1) is 8.54. The summed E-state index contributed by atoms with van der Waals surface area (Å²) in [6.07, 6.45) is 1.72. The summed E-state index contributed by atoms with van der Waals surface area (Å²) in [5, 5.41) is 0. The van der Waals surface area contributed by atoms with E-state index in [0.29, 0.717) is 5.88 Å². The summed E-state index contributed by atoms with van der Waals surface area (Å²) in [6, 6.07) is 9.86. The molecule has 2 rings (SSSR count). The standard InChI is InChI=1S/C15H18N2O/c1-10-6-11(2)8-14(7-10)18-15-9-13(12(3)16)4-5-17-15/h4-9,12H,16H2,1-3H3/t12-/m0/s1. The van der Waals surface area contributed by atoms with Gasteiger partial charge in [0.2, 0.25) is 5.88 Å². The van der Waals surface area contributed by atoms with Gasteiger partial charge in [0.05, 0.1) is 0 Å². The Morgan fingerprint density at radius 1 is 1.11 bits per heavy atom. The Labute approximate surface area is 108 Å². The number of rotatable bonds is 3. The summed E-state index contributed by atoms with van der Waals surface area (Å²) in [4.78, 5) is 4.20. The van der Waals surface area contributed by atoms with Crippen LogP contribution in [0.25, 0.3) is 0 Å². The number of aryl methyl sites for hydroxylation is 2. The van der Waals surface area contributed by atoms with Gasteiger partial charge in [-0.15, -0.1) is 0 Å². The molecule has 0 radical (unpaired) electrons. The maximum atomic E-state index is 5.84. The van der Waals surface area contributed by atoms with Gasteiger partial charge in [-0.3, -0.25) is 0 Å². The Hall–Kier alpha value is -1.87. The first-order valence-corrected chi connectivity index (χ1v) is 6.02. The van der Waals surface area contributed by atoms with Crippen molar-refractivity contribution >= 4 is 0 Å². The Balaban J connectivity index is 2.25. The van der Waals surface area contributed by atoms with Crippen molar-refractivity contribution in [1.29, 1.82) is 0 Å². The summed E-state index contributed by atoms with van der Waals surface area (Å²) < 4.78 is 5.76. The maximum Gasteiger partial charge on any atom is 0.219 e. The predicted molar refractivity (Wildman–Crippen MR) is 72.8 cm³/mol. The molecule has 0 saturated carbocycles. The van der Waals surface area contributed by atoms with E-state index in [1.807, 2.05) is 45.0 Å². The van der Waals surface area contributed by atoms with Crippen molar-refractivity contribution in [2.45, 2.75) is 26.8 Å². The molecule has 3 nitrogen and oxygen atoms in total. The van der Waals surface area contributed by atoms with Crippen molar-refractivity contribution in [2.75, 3.05) is 0 Å². The highest BCUT2D eigenvalue weighted by Gasteiger charge is 2.04. The second kappa shape index (κ2) is 5.19. The largest absolute Gasteiger partial charge is 0.439 e. The predicted octanol–water partition coefficient (Wildman–Crippen LogP) is 3.51. The van der Waals surface area contributed by atoms with Gasteiger partial charge in [-0.05, 0) is 55.7 Å². The van der Waals surface area contributed by atoms with Gasteiger partial charge in [-0.25, -0.2) is 4.98 Å². The van der Waals surface area contributed by atoms with Crippen molar-refractivity contribution in [1.82, 2.24) is 4.98 Å². The van der Waals surface area contributed by atoms with E-state index in [2.05, 4.69) is 11.1 Å². The molecule has 1 aromatic carbocycles. The van der Waals surface area contributed by atoms with E-state index in [1.165, 1.54) is 11.1 Å². The Morgan fingerprint density at radius 3 is 2.39 bits per heavy atom. The summed E-state index contributed by atoms with van der Waals surface area (Å²) in [5.74, 6) is 1.39. The van der Waals surface area contributed by atoms with E-state index in [-0.39, 0.29) is 6.04 Å². The van der Waals surface area contributed by atoms with Gasteiger partial charge < -0.3 is 10.5 Å². The molecular weight excluding hydrogens is 224 g/mol. The van der Waals surface area contributed by atoms with Crippen LogP contribution in [-0.2, 0) is 0 Å². The topological polar surface area (TPSA) is 48.1 Å². The lowest BCUT2D eigenvalue weighted by Gasteiger charge is -2.09. The fraction of sp³-hybridized carbons (Fsp3) is 0.267. The zero-order valence-electron chi connectivity index (χ0n) is 11.0. The molecule has 0 saturated heterocycles. The highest BCUT2D eigenvalue weighted by Crippen LogP contribution is 2.23. The van der Waals surface area contributed by atoms with Crippen LogP contribution in [0.15, 0.2) is 36.5 Å². The molecule has 0 spiro atoms. The van der Waals surface area contributed by atoms with Crippen LogP contribution in [0.2, 0.25) is 0 Å². The molecule has 0 bridgehead atoms. The first kappa shape index (κ1) is 12.6. The van der Waals surface area contributed by atoms with Gasteiger partial charge in [0.25, 0.3) is 0 Å². The van der Waals surface area contributed by atoms with Gasteiger partial charge in [0, 0.05) is 18.3 Å². The van der Waals surface area contributed by atoms with Crippen LogP contribution in [0, 0.1) is 13.8 Å². The summed E-state index contributed by atoms with van der Waals surface area (Å²) >= 11 is 0. The highest BCUT2D eigenvalue weighted by atomic mass is 16.5. The monoisotopic (exact) mass is 242 g/mol. The number of nitrogens with two attached hydrogens (primary N) is 1. The van der Waals surface area contributed by atoms with Crippen molar-refractivity contribution in [3.05, 3.63) is 53.2 Å². The zero-order valence-corrected chi connectivity index (χ0v) is 11.0. The molecule has 1 atom stereocenters. The Morgan fingerprint density at radius 2 is 1.78 bits per heavy atom. The van der Waals surface area contributed by atoms with Crippen LogP contribution < -0.4 is 10.5 Å². The molecule has 2 N–H and O–H groups in total. The van der Waals surface area contributed by atoms with Gasteiger partial charge in [0.15, 0.2) is 0 Å². The van der Waals surface area contributed by atoms with Crippen LogP contribution in [0.5, 0.6) is 11.6 Å². The molecule has 1 heterocycles. The van der Waals surface area contributed by atoms with Crippen molar-refractivity contribution in [2.24, 2.45) is 5.73 Å². The number of hydrogen-bond acceptors (Lipinski definition) is 3. The van der Waals surface area contributed by atoms with E-state index in [9.17, 15) is 0 Å². The quantitative estimate of drug-likeness (QED) is 0.896. The molecule has 3 heteroatoms. The smallest absolute Gasteiger partial charge is 0.219 e. The van der Waals surface area contributed by atoms with Crippen LogP contribution in [-0.4, -0.2) is 4.98 Å². The third-order valence-corrected chi connectivity index (χ3v) is 2.70. The lowest BCUT2D eigenvalue weighted by molar-refractivity contribution is 0.461. The molecule has 0 aliphatic heterocycles. The lowest BCUT2D eigenvalue weighted by atomic mass is 10.1.